The van der Waals surface area contributed by atoms with E-state index in [1.165, 1.54) is 6.08 Å². The predicted molar refractivity (Wildman–Crippen MR) is 137 cm³/mol. The van der Waals surface area contributed by atoms with Crippen molar-refractivity contribution in [2.75, 3.05) is 6.61 Å². The van der Waals surface area contributed by atoms with Crippen LogP contribution < -0.4 is 5.63 Å². The summed E-state index contributed by atoms with van der Waals surface area (Å²) in [5, 5.41) is 0.721. The highest BCUT2D eigenvalue weighted by atomic mass is 19.2. The molecule has 0 fully saturated rings. The average Bonchev–Trinajstić information content (AvgIpc) is 3.29. The van der Waals surface area contributed by atoms with E-state index in [2.05, 4.69) is 11.8 Å². The Balaban J connectivity index is 1.44. The molecule has 0 unspecified atom stereocenters. The van der Waals surface area contributed by atoms with Crippen LogP contribution in [0.25, 0.3) is 23.1 Å². The van der Waals surface area contributed by atoms with E-state index in [0.717, 1.165) is 36.6 Å². The van der Waals surface area contributed by atoms with Crippen LogP contribution in [0, 0.1) is 25.7 Å². The number of rotatable bonds is 2. The van der Waals surface area contributed by atoms with Crippen molar-refractivity contribution < 1.29 is 22.3 Å². The van der Waals surface area contributed by atoms with Gasteiger partial charge < -0.3 is 26.7 Å². The Morgan fingerprint density at radius 3 is 2.78 bits per heavy atom. The van der Waals surface area contributed by atoms with Gasteiger partial charge in [-0.2, -0.15) is 0 Å². The molecule has 36 heavy (non-hydrogen) atoms. The second-order valence-electron chi connectivity index (χ2n) is 9.44. The Hall–Kier alpha value is -3.96. The van der Waals surface area contributed by atoms with Crippen molar-refractivity contribution in [2.45, 2.75) is 33.8 Å². The predicted octanol–water partition coefficient (Wildman–Crippen LogP) is 5.19. The highest BCUT2D eigenvalue weighted by Crippen LogP contribution is 2.36. The summed E-state index contributed by atoms with van der Waals surface area (Å²) >= 11 is 0. The number of allylic oxidation sites excluding steroid dienone is 3. The molecule has 5 heterocycles. The van der Waals surface area contributed by atoms with Gasteiger partial charge in [-0.25, -0.2) is 4.79 Å². The number of ether oxygens (including phenoxy) is 1. The van der Waals surface area contributed by atoms with E-state index in [0.29, 0.717) is 48.0 Å². The van der Waals surface area contributed by atoms with E-state index in [1.807, 2.05) is 19.9 Å². The van der Waals surface area contributed by atoms with Crippen LogP contribution in [0.3, 0.4) is 0 Å². The van der Waals surface area contributed by atoms with Crippen LogP contribution in [0.2, 0.25) is 0 Å². The maximum absolute atomic E-state index is 15.8. The zero-order valence-electron chi connectivity index (χ0n) is 20.2. The summed E-state index contributed by atoms with van der Waals surface area (Å²) in [5.41, 5.74) is 5.24. The number of aromatic nitrogens is 1. The molecule has 8 heteroatoms. The van der Waals surface area contributed by atoms with Gasteiger partial charge in [-0.1, -0.05) is 11.8 Å². The highest BCUT2D eigenvalue weighted by molar-refractivity contribution is 6.58. The van der Waals surface area contributed by atoms with Gasteiger partial charge in [0.05, 0.1) is 18.8 Å². The monoisotopic (exact) mass is 484 g/mol. The lowest BCUT2D eigenvalue weighted by Gasteiger charge is -2.30. The number of hydrogen-bond acceptors (Lipinski definition) is 3. The summed E-state index contributed by atoms with van der Waals surface area (Å²) in [4.78, 5) is 12.7. The average molecular weight is 484 g/mol. The maximum Gasteiger partial charge on any atom is 0.737 e. The Labute approximate surface area is 206 Å². The topological polar surface area (TPSA) is 47.4 Å². The molecule has 0 saturated heterocycles. The van der Waals surface area contributed by atoms with Crippen LogP contribution in [0.5, 0.6) is 0 Å². The third-order valence-electron chi connectivity index (χ3n) is 6.94. The molecule has 0 amide bonds. The zero-order chi connectivity index (χ0) is 25.2. The smallest absolute Gasteiger partial charge is 0.422 e. The van der Waals surface area contributed by atoms with Gasteiger partial charge in [-0.05, 0) is 67.9 Å². The molecule has 0 radical (unpaired) electrons. The van der Waals surface area contributed by atoms with Crippen LogP contribution in [-0.4, -0.2) is 28.3 Å². The normalized spacial score (nSPS) is 18.1. The molecule has 6 rings (SSSR count). The van der Waals surface area contributed by atoms with Crippen molar-refractivity contribution in [3.05, 3.63) is 91.7 Å². The first kappa shape index (κ1) is 22.5. The fraction of sp³-hybridized carbons (Fsp3) is 0.214. The van der Waals surface area contributed by atoms with Gasteiger partial charge in [0.25, 0.3) is 0 Å². The Morgan fingerprint density at radius 1 is 1.11 bits per heavy atom. The van der Waals surface area contributed by atoms with Crippen molar-refractivity contribution in [1.82, 2.24) is 4.48 Å². The van der Waals surface area contributed by atoms with E-state index in [1.54, 1.807) is 43.4 Å². The lowest BCUT2D eigenvalue weighted by molar-refractivity contribution is -0.361. The van der Waals surface area contributed by atoms with Gasteiger partial charge in [0.2, 0.25) is 0 Å². The van der Waals surface area contributed by atoms with E-state index in [9.17, 15) is 4.79 Å². The first-order valence-corrected chi connectivity index (χ1v) is 11.9. The molecule has 2 aromatic heterocycles. The molecule has 5 nitrogen and oxygen atoms in total. The summed E-state index contributed by atoms with van der Waals surface area (Å²) in [6, 6.07) is 7.15. The number of nitrogens with zero attached hydrogens (tertiary/aromatic N) is 2. The highest BCUT2D eigenvalue weighted by Gasteiger charge is 2.53. The standard InChI is InChI=1S/C28H23BF2N2O3/c1-17-10-19(3)32-25(17)15-26-18(2)11-24(33(26)29(32,30)31)8-7-21-12-22-13-23-16-35-9-5-4-6-20(23)14-27(22)36-28(21)34/h7-8,10-15H,5,9,16H2,1-3H3. The zero-order valence-corrected chi connectivity index (χ0v) is 20.2. The van der Waals surface area contributed by atoms with Crippen molar-refractivity contribution >= 4 is 35.8 Å². The largest absolute Gasteiger partial charge is 0.737 e. The lowest BCUT2D eigenvalue weighted by atomic mass is 9.89. The van der Waals surface area contributed by atoms with Crippen LogP contribution in [0.1, 0.15) is 47.0 Å². The first-order chi connectivity index (χ1) is 17.2. The molecular formula is C28H23BF2N2O3. The molecule has 3 aliphatic rings. The first-order valence-electron chi connectivity index (χ1n) is 11.9. The minimum absolute atomic E-state index is 0.276. The van der Waals surface area contributed by atoms with E-state index in [4.69, 9.17) is 9.15 Å². The van der Waals surface area contributed by atoms with Crippen molar-refractivity contribution in [1.29, 1.82) is 0 Å². The van der Waals surface area contributed by atoms with E-state index >= 15 is 8.63 Å². The number of fused-ring (bicyclic) bond motifs is 4. The Kier molecular flexibility index (Phi) is 5.03. The molecular weight excluding hydrogens is 461 g/mol. The van der Waals surface area contributed by atoms with Gasteiger partial charge in [0.15, 0.2) is 11.4 Å². The van der Waals surface area contributed by atoms with Gasteiger partial charge in [0.1, 0.15) is 5.58 Å². The summed E-state index contributed by atoms with van der Waals surface area (Å²) in [7, 11) is 0. The van der Waals surface area contributed by atoms with Crippen LogP contribution >= 0.6 is 0 Å². The number of aryl methyl sites for hydroxylation is 2. The van der Waals surface area contributed by atoms with E-state index < -0.39 is 12.6 Å². The SMILES string of the molecule is CC1=CC(C=Cc2cc3cc4c(cc3oc2=O)C#CCCOC4)=[N+]2C1=Cc1c(C)cc(C)n1[B-]2(F)F. The molecule has 0 aliphatic carbocycles. The molecule has 0 saturated carbocycles. The molecule has 3 aromatic rings. The van der Waals surface area contributed by atoms with Crippen LogP contribution in [0.15, 0.2) is 56.9 Å². The third kappa shape index (κ3) is 3.42. The summed E-state index contributed by atoms with van der Waals surface area (Å²) < 4.78 is 45.0. The fourth-order valence-corrected chi connectivity index (χ4v) is 5.25. The molecule has 0 bridgehead atoms. The Morgan fingerprint density at radius 2 is 1.94 bits per heavy atom. The number of benzene rings is 1. The van der Waals surface area contributed by atoms with Gasteiger partial charge in [-0.15, -0.1) is 0 Å². The number of halogens is 2. The molecule has 0 atom stereocenters. The van der Waals surface area contributed by atoms with Crippen molar-refractivity contribution in [2.24, 2.45) is 0 Å². The van der Waals surface area contributed by atoms with E-state index in [-0.39, 0.29) is 5.56 Å². The molecule has 0 N–H and O–H groups in total. The lowest BCUT2D eigenvalue weighted by Crippen LogP contribution is -2.50. The molecule has 0 spiro atoms. The van der Waals surface area contributed by atoms with Gasteiger partial charge >= 0.3 is 12.6 Å². The van der Waals surface area contributed by atoms with Crippen LogP contribution in [-0.2, 0) is 11.3 Å². The second kappa shape index (κ2) is 8.04. The van der Waals surface area contributed by atoms with Gasteiger partial charge in [-0.3, -0.25) is 0 Å². The van der Waals surface area contributed by atoms with Gasteiger partial charge in [0, 0.05) is 46.9 Å². The molecule has 180 valence electrons. The number of hydrogen-bond donors (Lipinski definition) is 0. The second-order valence-corrected chi connectivity index (χ2v) is 9.44. The third-order valence-corrected chi connectivity index (χ3v) is 6.94. The molecule has 1 aromatic carbocycles. The fourth-order valence-electron chi connectivity index (χ4n) is 5.25. The molecule has 3 aliphatic heterocycles. The summed E-state index contributed by atoms with van der Waals surface area (Å²) in [6.07, 6.45) is 7.26. The summed E-state index contributed by atoms with van der Waals surface area (Å²) in [5.74, 6) is 6.15. The van der Waals surface area contributed by atoms with Crippen LogP contribution in [0.4, 0.5) is 8.63 Å². The maximum atomic E-state index is 15.8. The minimum atomic E-state index is -4.10. The quantitative estimate of drug-likeness (QED) is 0.286. The minimum Gasteiger partial charge on any atom is -0.422 e. The Bertz CT molecular complexity index is 1720. The summed E-state index contributed by atoms with van der Waals surface area (Å²) in [6.45, 7) is 2.24. The van der Waals surface area contributed by atoms with Crippen molar-refractivity contribution in [3.8, 4) is 11.8 Å². The van der Waals surface area contributed by atoms with Crippen molar-refractivity contribution in [3.63, 3.8) is 0 Å².